The first-order valence-corrected chi connectivity index (χ1v) is 8.45. The van der Waals surface area contributed by atoms with Crippen LogP contribution in [0.5, 0.6) is 0 Å². The molecule has 1 fully saturated rings. The van der Waals surface area contributed by atoms with Crippen LogP contribution in [0.1, 0.15) is 59.8 Å². The van der Waals surface area contributed by atoms with Crippen LogP contribution >= 0.6 is 22.9 Å². The molecule has 2 aromatic heterocycles. The molecule has 1 unspecified atom stereocenters. The van der Waals surface area contributed by atoms with E-state index in [1.54, 1.807) is 0 Å². The molecule has 0 radical (unpaired) electrons. The van der Waals surface area contributed by atoms with Crippen LogP contribution in [-0.2, 0) is 6.42 Å². The number of anilines is 1. The summed E-state index contributed by atoms with van der Waals surface area (Å²) in [7, 11) is 0. The maximum Gasteiger partial charge on any atom is 0.203 e. The van der Waals surface area contributed by atoms with E-state index in [-0.39, 0.29) is 0 Å². The van der Waals surface area contributed by atoms with Crippen molar-refractivity contribution in [3.8, 4) is 0 Å². The number of hydrogen-bond donors (Lipinski definition) is 1. The minimum absolute atomic E-state index is 0.309. The normalized spacial score (nSPS) is 16.6. The molecule has 1 aliphatic rings. The van der Waals surface area contributed by atoms with Crippen LogP contribution in [0.4, 0.5) is 5.13 Å². The summed E-state index contributed by atoms with van der Waals surface area (Å²) in [6.07, 6.45) is 3.64. The Morgan fingerprint density at radius 3 is 2.89 bits per heavy atom. The summed E-state index contributed by atoms with van der Waals surface area (Å²) in [4.78, 5) is 7.46. The van der Waals surface area contributed by atoms with Gasteiger partial charge < -0.3 is 5.32 Å². The van der Waals surface area contributed by atoms with Gasteiger partial charge in [0.05, 0.1) is 6.04 Å². The largest absolute Gasteiger partial charge is 0.353 e. The zero-order valence-corrected chi connectivity index (χ0v) is 13.2. The second-order valence-electron chi connectivity index (χ2n) is 5.21. The molecule has 1 aliphatic carbocycles. The maximum absolute atomic E-state index is 4.59. The quantitative estimate of drug-likeness (QED) is 0.880. The molecule has 19 heavy (non-hydrogen) atoms. The van der Waals surface area contributed by atoms with E-state index in [4.69, 9.17) is 0 Å². The molecule has 0 aliphatic heterocycles. The van der Waals surface area contributed by atoms with Crippen molar-refractivity contribution >= 4 is 28.0 Å². The fourth-order valence-corrected chi connectivity index (χ4v) is 4.02. The molecule has 1 atom stereocenters. The summed E-state index contributed by atoms with van der Waals surface area (Å²) < 4.78 is 4.44. The summed E-state index contributed by atoms with van der Waals surface area (Å²) in [5.41, 5.74) is 1.41. The van der Waals surface area contributed by atoms with Gasteiger partial charge in [-0.2, -0.15) is 4.37 Å². The molecule has 2 heterocycles. The van der Waals surface area contributed by atoms with Crippen molar-refractivity contribution in [3.05, 3.63) is 27.2 Å². The lowest BCUT2D eigenvalue weighted by Crippen LogP contribution is -2.04. The molecule has 1 N–H and O–H groups in total. The Hall–Kier alpha value is -0.940. The summed E-state index contributed by atoms with van der Waals surface area (Å²) in [5.74, 6) is 1.68. The van der Waals surface area contributed by atoms with Gasteiger partial charge in [0.1, 0.15) is 5.82 Å². The Bertz CT molecular complexity index is 569. The molecule has 0 saturated heterocycles. The topological polar surface area (TPSA) is 37.8 Å². The minimum atomic E-state index is 0.309. The van der Waals surface area contributed by atoms with Gasteiger partial charge in [-0.3, -0.25) is 0 Å². The lowest BCUT2D eigenvalue weighted by atomic mass is 10.2. The number of aryl methyl sites for hydroxylation is 2. The molecule has 0 bridgehead atoms. The Kier molecular flexibility index (Phi) is 3.58. The van der Waals surface area contributed by atoms with Crippen molar-refractivity contribution in [3.63, 3.8) is 0 Å². The standard InChI is InChI=1S/C14H19N3S2/c1-4-11-8(2)7-12(18-11)9(3)15-14-16-13(17-19-14)10-5-6-10/h7,9-10H,4-6H2,1-3H3,(H,15,16,17). The van der Waals surface area contributed by atoms with Gasteiger partial charge in [-0.1, -0.05) is 6.92 Å². The molecular formula is C14H19N3S2. The fraction of sp³-hybridized carbons (Fsp3) is 0.571. The van der Waals surface area contributed by atoms with Crippen LogP contribution in [0, 0.1) is 6.92 Å². The number of rotatable bonds is 5. The second kappa shape index (κ2) is 5.21. The van der Waals surface area contributed by atoms with Gasteiger partial charge in [0.15, 0.2) is 0 Å². The first kappa shape index (κ1) is 13.1. The van der Waals surface area contributed by atoms with Crippen molar-refractivity contribution in [2.24, 2.45) is 0 Å². The third kappa shape index (κ3) is 2.82. The molecule has 3 nitrogen and oxygen atoms in total. The van der Waals surface area contributed by atoms with E-state index in [9.17, 15) is 0 Å². The predicted octanol–water partition coefficient (Wildman–Crippen LogP) is 4.52. The Morgan fingerprint density at radius 2 is 2.26 bits per heavy atom. The Morgan fingerprint density at radius 1 is 1.47 bits per heavy atom. The van der Waals surface area contributed by atoms with Crippen LogP contribution in [0.2, 0.25) is 0 Å². The van der Waals surface area contributed by atoms with Gasteiger partial charge in [-0.05, 0) is 44.7 Å². The van der Waals surface area contributed by atoms with Crippen molar-refractivity contribution in [1.29, 1.82) is 0 Å². The van der Waals surface area contributed by atoms with Gasteiger partial charge in [0.2, 0.25) is 5.13 Å². The highest BCUT2D eigenvalue weighted by Gasteiger charge is 2.28. The van der Waals surface area contributed by atoms with Crippen LogP contribution in [0.25, 0.3) is 0 Å². The van der Waals surface area contributed by atoms with E-state index < -0.39 is 0 Å². The summed E-state index contributed by atoms with van der Waals surface area (Å²) in [6.45, 7) is 6.61. The highest BCUT2D eigenvalue weighted by molar-refractivity contribution is 7.12. The smallest absolute Gasteiger partial charge is 0.203 e. The molecule has 0 amide bonds. The van der Waals surface area contributed by atoms with Gasteiger partial charge in [0, 0.05) is 27.2 Å². The molecular weight excluding hydrogens is 274 g/mol. The molecule has 2 aromatic rings. The lowest BCUT2D eigenvalue weighted by Gasteiger charge is -2.09. The zero-order valence-electron chi connectivity index (χ0n) is 11.6. The molecule has 0 aromatic carbocycles. The van der Waals surface area contributed by atoms with E-state index in [0.29, 0.717) is 12.0 Å². The first-order chi connectivity index (χ1) is 9.17. The van der Waals surface area contributed by atoms with Crippen molar-refractivity contribution < 1.29 is 0 Å². The van der Waals surface area contributed by atoms with Crippen LogP contribution in [0.3, 0.4) is 0 Å². The molecule has 3 rings (SSSR count). The second-order valence-corrected chi connectivity index (χ2v) is 7.13. The summed E-state index contributed by atoms with van der Waals surface area (Å²) in [6, 6.07) is 2.60. The van der Waals surface area contributed by atoms with E-state index in [1.165, 1.54) is 39.7 Å². The van der Waals surface area contributed by atoms with Gasteiger partial charge in [-0.15, -0.1) is 11.3 Å². The van der Waals surface area contributed by atoms with Crippen molar-refractivity contribution in [1.82, 2.24) is 9.36 Å². The molecule has 0 spiro atoms. The van der Waals surface area contributed by atoms with Gasteiger partial charge in [-0.25, -0.2) is 4.98 Å². The van der Waals surface area contributed by atoms with Crippen LogP contribution in [0.15, 0.2) is 6.07 Å². The van der Waals surface area contributed by atoms with Crippen molar-refractivity contribution in [2.45, 2.75) is 52.0 Å². The number of nitrogens with one attached hydrogen (secondary N) is 1. The highest BCUT2D eigenvalue weighted by atomic mass is 32.1. The molecule has 102 valence electrons. The number of hydrogen-bond acceptors (Lipinski definition) is 5. The summed E-state index contributed by atoms with van der Waals surface area (Å²) in [5, 5.41) is 4.44. The van der Waals surface area contributed by atoms with Crippen molar-refractivity contribution in [2.75, 3.05) is 5.32 Å². The number of aromatic nitrogens is 2. The lowest BCUT2D eigenvalue weighted by molar-refractivity contribution is 0.894. The summed E-state index contributed by atoms with van der Waals surface area (Å²) >= 11 is 3.40. The Labute approximate surface area is 122 Å². The van der Waals surface area contributed by atoms with Gasteiger partial charge in [0.25, 0.3) is 0 Å². The monoisotopic (exact) mass is 293 g/mol. The third-order valence-corrected chi connectivity index (χ3v) is 5.74. The third-order valence-electron chi connectivity index (χ3n) is 3.51. The average Bonchev–Trinajstić information content (AvgIpc) is 3.03. The highest BCUT2D eigenvalue weighted by Crippen LogP contribution is 2.39. The zero-order chi connectivity index (χ0) is 13.4. The number of nitrogens with zero attached hydrogens (tertiary/aromatic N) is 2. The predicted molar refractivity (Wildman–Crippen MR) is 82.4 cm³/mol. The average molecular weight is 293 g/mol. The maximum atomic E-state index is 4.59. The molecule has 1 saturated carbocycles. The SMILES string of the molecule is CCc1sc(C(C)Nc2nc(C3CC3)ns2)cc1C. The number of thiophene rings is 1. The first-order valence-electron chi connectivity index (χ1n) is 6.86. The fourth-order valence-electron chi connectivity index (χ4n) is 2.17. The van der Waals surface area contributed by atoms with E-state index in [1.807, 2.05) is 11.3 Å². The minimum Gasteiger partial charge on any atom is -0.353 e. The van der Waals surface area contributed by atoms with E-state index >= 15 is 0 Å². The molecule has 5 heteroatoms. The van der Waals surface area contributed by atoms with Crippen LogP contribution < -0.4 is 5.32 Å². The van der Waals surface area contributed by atoms with Crippen LogP contribution in [-0.4, -0.2) is 9.36 Å². The van der Waals surface area contributed by atoms with E-state index in [2.05, 4.69) is 41.5 Å². The van der Waals surface area contributed by atoms with E-state index in [0.717, 1.165) is 17.4 Å². The Balaban J connectivity index is 1.70. The van der Waals surface area contributed by atoms with Gasteiger partial charge >= 0.3 is 0 Å².